The molecule has 0 aliphatic carbocycles. The molecule has 1 aromatic rings. The zero-order valence-electron chi connectivity index (χ0n) is 11.7. The van der Waals surface area contributed by atoms with Gasteiger partial charge in [-0.05, 0) is 33.6 Å². The molecular weight excluding hydrogens is 228 g/mol. The van der Waals surface area contributed by atoms with Gasteiger partial charge in [-0.25, -0.2) is 4.98 Å². The molecule has 1 aromatic heterocycles. The Kier molecular flexibility index (Phi) is 5.89. The second-order valence-electron chi connectivity index (χ2n) is 5.54. The van der Waals surface area contributed by atoms with Gasteiger partial charge in [0.15, 0.2) is 0 Å². The topological polar surface area (TPSA) is 55.0 Å². The number of hydrogen-bond donors (Lipinski definition) is 1. The van der Waals surface area contributed by atoms with Crippen LogP contribution >= 0.6 is 0 Å². The Hall–Kier alpha value is -1.32. The summed E-state index contributed by atoms with van der Waals surface area (Å²) in [6.45, 7) is 5.69. The third-order valence-electron chi connectivity index (χ3n) is 2.52. The average molecular weight is 252 g/mol. The molecule has 18 heavy (non-hydrogen) atoms. The number of unbranched alkanes of at least 4 members (excludes halogenated alkanes) is 3. The number of ether oxygens (including phenoxy) is 1. The second kappa shape index (κ2) is 7.19. The van der Waals surface area contributed by atoms with Crippen LogP contribution in [0.1, 0.15) is 58.7 Å². The van der Waals surface area contributed by atoms with Gasteiger partial charge in [0, 0.05) is 25.2 Å². The predicted octanol–water partition coefficient (Wildman–Crippen LogP) is 3.24. The molecule has 0 amide bonds. The Bertz CT molecular complexity index is 339. The molecule has 0 aliphatic rings. The van der Waals surface area contributed by atoms with Gasteiger partial charge in [-0.15, -0.1) is 0 Å². The third-order valence-corrected chi connectivity index (χ3v) is 2.52. The number of hydrogen-bond acceptors (Lipinski definition) is 3. The van der Waals surface area contributed by atoms with E-state index in [0.29, 0.717) is 6.42 Å². The van der Waals surface area contributed by atoms with Crippen LogP contribution in [0.5, 0.6) is 0 Å². The smallest absolute Gasteiger partial charge is 0.306 e. The van der Waals surface area contributed by atoms with Crippen molar-refractivity contribution in [2.45, 2.75) is 64.9 Å². The van der Waals surface area contributed by atoms with E-state index in [1.165, 1.54) is 0 Å². The van der Waals surface area contributed by atoms with Crippen molar-refractivity contribution in [1.29, 1.82) is 0 Å². The molecule has 0 fully saturated rings. The monoisotopic (exact) mass is 252 g/mol. The van der Waals surface area contributed by atoms with Gasteiger partial charge < -0.3 is 9.72 Å². The summed E-state index contributed by atoms with van der Waals surface area (Å²) in [4.78, 5) is 18.7. The Labute approximate surface area is 109 Å². The average Bonchev–Trinajstić information content (AvgIpc) is 2.73. The first-order valence-electron chi connectivity index (χ1n) is 6.67. The SMILES string of the molecule is CC(C)(C)OC(=O)CCCCCCc1ncc[nH]1. The number of carbonyl (C=O) groups excluding carboxylic acids is 1. The fraction of sp³-hybridized carbons (Fsp3) is 0.714. The van der Waals surface area contributed by atoms with Gasteiger partial charge in [0.25, 0.3) is 0 Å². The fourth-order valence-electron chi connectivity index (χ4n) is 1.74. The summed E-state index contributed by atoms with van der Waals surface area (Å²) >= 11 is 0. The Morgan fingerprint density at radius 2 is 2.00 bits per heavy atom. The minimum absolute atomic E-state index is 0.0893. The zero-order valence-corrected chi connectivity index (χ0v) is 11.7. The number of imidazole rings is 1. The summed E-state index contributed by atoms with van der Waals surface area (Å²) < 4.78 is 5.25. The van der Waals surface area contributed by atoms with Crippen LogP contribution in [0.25, 0.3) is 0 Å². The Morgan fingerprint density at radius 1 is 1.28 bits per heavy atom. The summed E-state index contributed by atoms with van der Waals surface area (Å²) in [5, 5.41) is 0. The van der Waals surface area contributed by atoms with E-state index >= 15 is 0 Å². The lowest BCUT2D eigenvalue weighted by molar-refractivity contribution is -0.154. The highest BCUT2D eigenvalue weighted by atomic mass is 16.6. The van der Waals surface area contributed by atoms with Crippen LogP contribution in [-0.4, -0.2) is 21.5 Å². The molecule has 0 radical (unpaired) electrons. The van der Waals surface area contributed by atoms with Crippen molar-refractivity contribution in [3.8, 4) is 0 Å². The minimum atomic E-state index is -0.365. The molecule has 1 rings (SSSR count). The number of aromatic amines is 1. The predicted molar refractivity (Wildman–Crippen MR) is 71.2 cm³/mol. The van der Waals surface area contributed by atoms with E-state index in [1.54, 1.807) is 6.20 Å². The van der Waals surface area contributed by atoms with Gasteiger partial charge in [-0.2, -0.15) is 0 Å². The number of esters is 1. The first kappa shape index (κ1) is 14.7. The van der Waals surface area contributed by atoms with Gasteiger partial charge in [0.2, 0.25) is 0 Å². The molecule has 1 N–H and O–H groups in total. The number of H-pyrrole nitrogens is 1. The van der Waals surface area contributed by atoms with Gasteiger partial charge in [0.05, 0.1) is 0 Å². The van der Waals surface area contributed by atoms with Gasteiger partial charge >= 0.3 is 5.97 Å². The second-order valence-corrected chi connectivity index (χ2v) is 5.54. The van der Waals surface area contributed by atoms with E-state index in [-0.39, 0.29) is 11.6 Å². The van der Waals surface area contributed by atoms with Crippen molar-refractivity contribution in [3.05, 3.63) is 18.2 Å². The number of rotatable bonds is 7. The molecule has 4 heteroatoms. The maximum atomic E-state index is 11.4. The third kappa shape index (κ3) is 7.09. The zero-order chi connectivity index (χ0) is 13.4. The van der Waals surface area contributed by atoms with Crippen LogP contribution in [0.3, 0.4) is 0 Å². The van der Waals surface area contributed by atoms with Crippen molar-refractivity contribution in [1.82, 2.24) is 9.97 Å². The molecule has 0 spiro atoms. The van der Waals surface area contributed by atoms with Crippen LogP contribution in [0, 0.1) is 0 Å². The number of nitrogens with one attached hydrogen (secondary N) is 1. The first-order chi connectivity index (χ1) is 8.47. The van der Waals surface area contributed by atoms with Crippen molar-refractivity contribution >= 4 is 5.97 Å². The maximum absolute atomic E-state index is 11.4. The van der Waals surface area contributed by atoms with Crippen molar-refractivity contribution in [2.24, 2.45) is 0 Å². The summed E-state index contributed by atoms with van der Waals surface area (Å²) in [7, 11) is 0. The maximum Gasteiger partial charge on any atom is 0.306 e. The molecule has 102 valence electrons. The molecule has 0 saturated carbocycles. The molecule has 0 unspecified atom stereocenters. The van der Waals surface area contributed by atoms with E-state index in [9.17, 15) is 4.79 Å². The van der Waals surface area contributed by atoms with Gasteiger partial charge in [-0.3, -0.25) is 4.79 Å². The van der Waals surface area contributed by atoms with Crippen molar-refractivity contribution < 1.29 is 9.53 Å². The Balaban J connectivity index is 1.97. The summed E-state index contributed by atoms with van der Waals surface area (Å²) in [5.74, 6) is 0.954. The van der Waals surface area contributed by atoms with E-state index in [2.05, 4.69) is 9.97 Å². The van der Waals surface area contributed by atoms with Gasteiger partial charge in [-0.1, -0.05) is 12.8 Å². The summed E-state index contributed by atoms with van der Waals surface area (Å²) in [6, 6.07) is 0. The molecular formula is C14H24N2O2. The highest BCUT2D eigenvalue weighted by Gasteiger charge is 2.15. The summed E-state index contributed by atoms with van der Waals surface area (Å²) in [6.07, 6.45) is 9.35. The molecule has 0 bridgehead atoms. The molecule has 0 atom stereocenters. The number of nitrogens with zero attached hydrogens (tertiary/aromatic N) is 1. The highest BCUT2D eigenvalue weighted by molar-refractivity contribution is 5.69. The largest absolute Gasteiger partial charge is 0.460 e. The summed E-state index contributed by atoms with van der Waals surface area (Å²) in [5.41, 5.74) is -0.365. The first-order valence-corrected chi connectivity index (χ1v) is 6.67. The van der Waals surface area contributed by atoms with Crippen LogP contribution < -0.4 is 0 Å². The molecule has 1 heterocycles. The molecule has 0 aliphatic heterocycles. The quantitative estimate of drug-likeness (QED) is 0.598. The van der Waals surface area contributed by atoms with E-state index in [1.807, 2.05) is 27.0 Å². The van der Waals surface area contributed by atoms with Crippen molar-refractivity contribution in [2.75, 3.05) is 0 Å². The van der Waals surface area contributed by atoms with E-state index in [0.717, 1.165) is 37.9 Å². The molecule has 0 saturated heterocycles. The van der Waals surface area contributed by atoms with E-state index in [4.69, 9.17) is 4.74 Å². The number of aryl methyl sites for hydroxylation is 1. The van der Waals surface area contributed by atoms with Crippen LogP contribution in [0.15, 0.2) is 12.4 Å². The van der Waals surface area contributed by atoms with Crippen LogP contribution in [0.2, 0.25) is 0 Å². The lowest BCUT2D eigenvalue weighted by Crippen LogP contribution is -2.23. The standard InChI is InChI=1S/C14H24N2O2/c1-14(2,3)18-13(17)9-7-5-4-6-8-12-15-10-11-16-12/h10-11H,4-9H2,1-3H3,(H,15,16). The van der Waals surface area contributed by atoms with Gasteiger partial charge in [0.1, 0.15) is 11.4 Å². The Morgan fingerprint density at radius 3 is 2.61 bits per heavy atom. The fourth-order valence-corrected chi connectivity index (χ4v) is 1.74. The lowest BCUT2D eigenvalue weighted by Gasteiger charge is -2.19. The molecule has 4 nitrogen and oxygen atoms in total. The lowest BCUT2D eigenvalue weighted by atomic mass is 10.1. The number of carbonyl (C=O) groups is 1. The number of aromatic nitrogens is 2. The highest BCUT2D eigenvalue weighted by Crippen LogP contribution is 2.11. The normalized spacial score (nSPS) is 11.5. The van der Waals surface area contributed by atoms with Crippen molar-refractivity contribution in [3.63, 3.8) is 0 Å². The van der Waals surface area contributed by atoms with Crippen LogP contribution in [0.4, 0.5) is 0 Å². The van der Waals surface area contributed by atoms with Crippen LogP contribution in [-0.2, 0) is 16.0 Å². The minimum Gasteiger partial charge on any atom is -0.460 e. The molecule has 0 aromatic carbocycles. The van der Waals surface area contributed by atoms with E-state index < -0.39 is 0 Å².